The third-order valence-electron chi connectivity index (χ3n) is 8.58. The summed E-state index contributed by atoms with van der Waals surface area (Å²) in [6.45, 7) is 9.51. The zero-order chi connectivity index (χ0) is 20.2. The molecule has 0 bridgehead atoms. The lowest BCUT2D eigenvalue weighted by atomic mass is 9.53. The molecule has 0 radical (unpaired) electrons. The Morgan fingerprint density at radius 1 is 1.31 bits per heavy atom. The molecule has 0 aromatic rings. The molecule has 2 saturated carbocycles. The van der Waals surface area contributed by atoms with Crippen molar-refractivity contribution in [3.8, 4) is 0 Å². The van der Waals surface area contributed by atoms with Gasteiger partial charge in [-0.1, -0.05) is 6.92 Å². The standard InChI is InChI=1S/C22H34N2O5/c1-3-27-20(26)24-9-7-23(8-10-24)13-16-15-11-18-21(2,12-17(15)29-19(16)25)5-4-6-22(18)14-28-22/h15-18H,3-14H2,1-2H3/p+1/t15-,16-,17-,18-,21-,22-/m1/s1. The highest BCUT2D eigenvalue weighted by Gasteiger charge is 2.65. The molecule has 3 aliphatic heterocycles. The van der Waals surface area contributed by atoms with Crippen LogP contribution in [0.1, 0.15) is 46.0 Å². The first-order valence-corrected chi connectivity index (χ1v) is 11.5. The molecular weight excluding hydrogens is 372 g/mol. The normalized spacial score (nSPS) is 44.2. The third kappa shape index (κ3) is 3.34. The molecule has 1 spiro atoms. The van der Waals surface area contributed by atoms with Gasteiger partial charge in [0.05, 0.1) is 51.5 Å². The quantitative estimate of drug-likeness (QED) is 0.555. The number of hydrogen-bond acceptors (Lipinski definition) is 5. The summed E-state index contributed by atoms with van der Waals surface area (Å²) in [5.74, 6) is 0.896. The first-order chi connectivity index (χ1) is 13.9. The smallest absolute Gasteiger partial charge is 0.410 e. The number of nitrogens with one attached hydrogen (secondary N) is 1. The predicted octanol–water partition coefficient (Wildman–Crippen LogP) is 0.870. The zero-order valence-electron chi connectivity index (χ0n) is 17.8. The van der Waals surface area contributed by atoms with E-state index in [0.717, 1.165) is 39.1 Å². The number of piperazine rings is 1. The third-order valence-corrected chi connectivity index (χ3v) is 8.58. The van der Waals surface area contributed by atoms with Crippen LogP contribution in [-0.4, -0.2) is 74.6 Å². The highest BCUT2D eigenvalue weighted by molar-refractivity contribution is 5.75. The molecule has 5 rings (SSSR count). The molecule has 29 heavy (non-hydrogen) atoms. The lowest BCUT2D eigenvalue weighted by Crippen LogP contribution is -3.15. The molecule has 162 valence electrons. The van der Waals surface area contributed by atoms with Gasteiger partial charge in [-0.15, -0.1) is 0 Å². The van der Waals surface area contributed by atoms with Crippen LogP contribution in [-0.2, 0) is 19.0 Å². The number of epoxide rings is 1. The van der Waals surface area contributed by atoms with E-state index in [1.807, 2.05) is 6.92 Å². The lowest BCUT2D eigenvalue weighted by Gasteiger charge is -2.51. The summed E-state index contributed by atoms with van der Waals surface area (Å²) in [5, 5.41) is 0. The van der Waals surface area contributed by atoms with Crippen LogP contribution in [0.5, 0.6) is 0 Å². The van der Waals surface area contributed by atoms with Crippen molar-refractivity contribution >= 4 is 12.1 Å². The number of carbonyl (C=O) groups excluding carboxylic acids is 2. The largest absolute Gasteiger partial charge is 0.462 e. The average Bonchev–Trinajstić information content (AvgIpc) is 3.40. The Morgan fingerprint density at radius 2 is 2.07 bits per heavy atom. The van der Waals surface area contributed by atoms with Gasteiger partial charge in [0.15, 0.2) is 0 Å². The van der Waals surface area contributed by atoms with E-state index in [9.17, 15) is 9.59 Å². The molecule has 2 aliphatic carbocycles. The van der Waals surface area contributed by atoms with E-state index in [-0.39, 0.29) is 35.1 Å². The maximum absolute atomic E-state index is 12.8. The van der Waals surface area contributed by atoms with Gasteiger partial charge >= 0.3 is 12.1 Å². The van der Waals surface area contributed by atoms with Crippen molar-refractivity contribution in [3.63, 3.8) is 0 Å². The summed E-state index contributed by atoms with van der Waals surface area (Å²) in [6, 6.07) is 0. The number of nitrogens with zero attached hydrogens (tertiary/aromatic N) is 1. The number of rotatable bonds is 3. The summed E-state index contributed by atoms with van der Waals surface area (Å²) in [6.07, 6.45) is 5.59. The second-order valence-corrected chi connectivity index (χ2v) is 10.2. The van der Waals surface area contributed by atoms with Crippen molar-refractivity contribution in [2.45, 2.75) is 57.7 Å². The Bertz CT molecular complexity index is 672. The van der Waals surface area contributed by atoms with Gasteiger partial charge in [-0.05, 0) is 50.4 Å². The number of carbonyl (C=O) groups is 2. The summed E-state index contributed by atoms with van der Waals surface area (Å²) in [4.78, 5) is 27.9. The van der Waals surface area contributed by atoms with E-state index in [0.29, 0.717) is 31.5 Å². The molecule has 5 fully saturated rings. The van der Waals surface area contributed by atoms with E-state index >= 15 is 0 Å². The van der Waals surface area contributed by atoms with Crippen LogP contribution in [0.4, 0.5) is 4.79 Å². The summed E-state index contributed by atoms with van der Waals surface area (Å²) in [5.41, 5.74) is 0.357. The fourth-order valence-electron chi connectivity index (χ4n) is 6.93. The van der Waals surface area contributed by atoms with E-state index < -0.39 is 0 Å². The lowest BCUT2D eigenvalue weighted by molar-refractivity contribution is -0.906. The summed E-state index contributed by atoms with van der Waals surface area (Å²) >= 11 is 0. The van der Waals surface area contributed by atoms with Crippen molar-refractivity contribution in [1.82, 2.24) is 4.90 Å². The number of hydrogen-bond donors (Lipinski definition) is 1. The minimum atomic E-state index is -0.217. The summed E-state index contributed by atoms with van der Waals surface area (Å²) < 4.78 is 17.1. The maximum Gasteiger partial charge on any atom is 0.410 e. The molecule has 7 nitrogen and oxygen atoms in total. The van der Waals surface area contributed by atoms with Gasteiger partial charge in [0.1, 0.15) is 12.0 Å². The van der Waals surface area contributed by atoms with Crippen LogP contribution in [0.3, 0.4) is 0 Å². The number of esters is 1. The highest BCUT2D eigenvalue weighted by atomic mass is 16.6. The number of ether oxygens (including phenoxy) is 3. The van der Waals surface area contributed by atoms with Gasteiger partial charge in [-0.3, -0.25) is 9.69 Å². The zero-order valence-corrected chi connectivity index (χ0v) is 17.8. The fraction of sp³-hybridized carbons (Fsp3) is 0.909. The number of quaternary nitrogens is 1. The Kier molecular flexibility index (Phi) is 4.81. The molecule has 0 aromatic carbocycles. The van der Waals surface area contributed by atoms with Crippen LogP contribution in [0.2, 0.25) is 0 Å². The predicted molar refractivity (Wildman–Crippen MR) is 104 cm³/mol. The molecule has 1 N–H and O–H groups in total. The Morgan fingerprint density at radius 3 is 2.76 bits per heavy atom. The Labute approximate surface area is 173 Å². The van der Waals surface area contributed by atoms with Crippen molar-refractivity contribution in [2.24, 2.45) is 23.2 Å². The van der Waals surface area contributed by atoms with Crippen molar-refractivity contribution in [1.29, 1.82) is 0 Å². The van der Waals surface area contributed by atoms with E-state index in [2.05, 4.69) is 6.92 Å². The average molecular weight is 408 g/mol. The van der Waals surface area contributed by atoms with Crippen LogP contribution in [0.15, 0.2) is 0 Å². The van der Waals surface area contributed by atoms with Gasteiger partial charge in [0.25, 0.3) is 0 Å². The molecule has 1 amide bonds. The van der Waals surface area contributed by atoms with E-state index in [1.165, 1.54) is 24.2 Å². The highest BCUT2D eigenvalue weighted by Crippen LogP contribution is 2.62. The molecule has 0 aromatic heterocycles. The SMILES string of the molecule is CCOC(=O)N1CC[NH+](C[C@H]2C(=O)O[C@@H]3C[C@@]4(C)CCC[C@@]5(CO5)[C@@H]4C[C@@H]32)CC1. The number of fused-ring (bicyclic) bond motifs is 3. The molecule has 0 unspecified atom stereocenters. The van der Waals surface area contributed by atoms with Crippen molar-refractivity contribution in [2.75, 3.05) is 45.9 Å². The molecule has 6 atom stereocenters. The number of amides is 1. The second kappa shape index (κ2) is 7.12. The molecule has 3 saturated heterocycles. The monoisotopic (exact) mass is 407 g/mol. The topological polar surface area (TPSA) is 72.8 Å². The van der Waals surface area contributed by atoms with Crippen LogP contribution in [0.25, 0.3) is 0 Å². The van der Waals surface area contributed by atoms with Crippen molar-refractivity contribution in [3.05, 3.63) is 0 Å². The van der Waals surface area contributed by atoms with Gasteiger partial charge in [0.2, 0.25) is 0 Å². The molecule has 3 heterocycles. The first kappa shape index (κ1) is 19.6. The molecule has 7 heteroatoms. The minimum absolute atomic E-state index is 0.00772. The van der Waals surface area contributed by atoms with Crippen molar-refractivity contribution < 1.29 is 28.7 Å². The van der Waals surface area contributed by atoms with Crippen LogP contribution in [0, 0.1) is 23.2 Å². The Hall–Kier alpha value is -1.34. The summed E-state index contributed by atoms with van der Waals surface area (Å²) in [7, 11) is 0. The van der Waals surface area contributed by atoms with Gasteiger partial charge in [0, 0.05) is 5.92 Å². The second-order valence-electron chi connectivity index (χ2n) is 10.2. The Balaban J connectivity index is 1.23. The molecule has 5 aliphatic rings. The maximum atomic E-state index is 12.8. The van der Waals surface area contributed by atoms with Gasteiger partial charge < -0.3 is 19.1 Å². The fourth-order valence-corrected chi connectivity index (χ4v) is 6.93. The minimum Gasteiger partial charge on any atom is -0.462 e. The van der Waals surface area contributed by atoms with E-state index in [4.69, 9.17) is 14.2 Å². The first-order valence-electron chi connectivity index (χ1n) is 11.5. The van der Waals surface area contributed by atoms with Crippen LogP contribution >= 0.6 is 0 Å². The van der Waals surface area contributed by atoms with Gasteiger partial charge in [-0.2, -0.15) is 0 Å². The van der Waals surface area contributed by atoms with E-state index in [1.54, 1.807) is 4.90 Å². The van der Waals surface area contributed by atoms with Crippen LogP contribution < -0.4 is 4.90 Å². The molecular formula is C22H35N2O5+. The van der Waals surface area contributed by atoms with Gasteiger partial charge in [-0.25, -0.2) is 4.79 Å².